The van der Waals surface area contributed by atoms with E-state index >= 15 is 0 Å². The number of alkyl carbamates (subject to hydrolysis) is 1. The number of hydrogen-bond acceptors (Lipinski definition) is 6. The van der Waals surface area contributed by atoms with E-state index in [2.05, 4.69) is 20.5 Å². The van der Waals surface area contributed by atoms with Crippen LogP contribution in [0.15, 0.2) is 11.4 Å². The molecule has 1 unspecified atom stereocenters. The zero-order valence-electron chi connectivity index (χ0n) is 14.0. The normalized spacial score (nSPS) is 16.8. The smallest absolute Gasteiger partial charge is 0.408 e. The lowest BCUT2D eigenvalue weighted by Crippen LogP contribution is -2.36. The molecule has 9 heteroatoms. The van der Waals surface area contributed by atoms with Gasteiger partial charge in [-0.3, -0.25) is 4.79 Å². The molecule has 0 saturated carbocycles. The first-order valence-electron chi connectivity index (χ1n) is 7.41. The van der Waals surface area contributed by atoms with Crippen LogP contribution in [0.1, 0.15) is 52.4 Å². The largest absolute Gasteiger partial charge is 0.444 e. The van der Waals surface area contributed by atoms with E-state index in [0.29, 0.717) is 24.5 Å². The number of carbonyl (C=O) groups excluding carboxylic acids is 2. The van der Waals surface area contributed by atoms with Gasteiger partial charge in [0, 0.05) is 19.9 Å². The molecule has 9 nitrogen and oxygen atoms in total. The van der Waals surface area contributed by atoms with E-state index < -0.39 is 17.7 Å². The lowest BCUT2D eigenvalue weighted by molar-refractivity contribution is -0.130. The predicted molar refractivity (Wildman–Crippen MR) is 82.6 cm³/mol. The van der Waals surface area contributed by atoms with Gasteiger partial charge in [-0.25, -0.2) is 14.8 Å². The van der Waals surface area contributed by atoms with Crippen LogP contribution < -0.4 is 5.32 Å². The Bertz CT molecular complexity index is 631. The van der Waals surface area contributed by atoms with E-state index in [1.165, 1.54) is 11.3 Å². The van der Waals surface area contributed by atoms with Gasteiger partial charge in [-0.15, -0.1) is 0 Å². The Kier molecular flexibility index (Phi) is 4.67. The lowest BCUT2D eigenvalue weighted by Gasteiger charge is -2.23. The van der Waals surface area contributed by atoms with Crippen LogP contribution in [0.5, 0.6) is 0 Å². The van der Waals surface area contributed by atoms with Crippen LogP contribution in [-0.4, -0.2) is 50.3 Å². The summed E-state index contributed by atoms with van der Waals surface area (Å²) in [5.41, 5.74) is -0.575. The van der Waals surface area contributed by atoms with Crippen LogP contribution in [-0.2, 0) is 9.53 Å². The fourth-order valence-corrected chi connectivity index (χ4v) is 2.10. The Labute approximate surface area is 134 Å². The van der Waals surface area contributed by atoms with Crippen LogP contribution in [0.25, 0.3) is 0 Å². The van der Waals surface area contributed by atoms with E-state index in [-0.39, 0.29) is 5.91 Å². The number of rotatable bonds is 2. The van der Waals surface area contributed by atoms with E-state index in [1.807, 2.05) is 0 Å². The molecule has 0 spiro atoms. The molecule has 0 bridgehead atoms. The summed E-state index contributed by atoms with van der Waals surface area (Å²) in [4.78, 5) is 27.6. The van der Waals surface area contributed by atoms with Crippen molar-refractivity contribution in [3.63, 3.8) is 0 Å². The monoisotopic (exact) mass is 322 g/mol. The zero-order valence-corrected chi connectivity index (χ0v) is 14.0. The van der Waals surface area contributed by atoms with E-state index in [9.17, 15) is 9.59 Å². The number of hydrogen-bond donors (Lipinski definition) is 1. The number of aromatic nitrogens is 3. The zero-order chi connectivity index (χ0) is 17.2. The minimum atomic E-state index is -0.575. The Balaban J connectivity index is 2.13. The lowest BCUT2D eigenvalue weighted by atomic mass is 10.2. The molecule has 126 valence electrons. The molecule has 1 aliphatic heterocycles. The van der Waals surface area contributed by atoms with Gasteiger partial charge in [0.05, 0.1) is 6.04 Å². The first-order valence-corrected chi connectivity index (χ1v) is 7.41. The molecule has 1 atom stereocenters. The first kappa shape index (κ1) is 16.9. The highest BCUT2D eigenvalue weighted by Crippen LogP contribution is 2.15. The Morgan fingerprint density at radius 2 is 2.09 bits per heavy atom. The summed E-state index contributed by atoms with van der Waals surface area (Å²) >= 11 is 0. The van der Waals surface area contributed by atoms with Gasteiger partial charge < -0.3 is 10.1 Å². The van der Waals surface area contributed by atoms with Crippen molar-refractivity contribution in [1.82, 2.24) is 25.1 Å². The number of amides is 2. The van der Waals surface area contributed by atoms with E-state index in [4.69, 9.17) is 4.74 Å². The standard InChI is InChI=1S/C14H22N6O3/c1-9(17-13(22)23-14(2,3)4)12-15-8-16-20(12)10-6-7-11(21)19(5)18-10/h8-9H,6-7H2,1-5H3,(H,17,22). The first-order chi connectivity index (χ1) is 10.7. The van der Waals surface area contributed by atoms with Crippen molar-refractivity contribution < 1.29 is 14.3 Å². The second kappa shape index (κ2) is 6.35. The van der Waals surface area contributed by atoms with Crippen LogP contribution >= 0.6 is 0 Å². The molecule has 0 aliphatic carbocycles. The highest BCUT2D eigenvalue weighted by molar-refractivity contribution is 5.92. The SMILES string of the molecule is CC(NC(=O)OC(C)(C)C)c1ncnn1C1=NN(C)C(=O)CC1. The minimum absolute atomic E-state index is 0.0460. The molecule has 0 aromatic carbocycles. The molecular weight excluding hydrogens is 300 g/mol. The fourth-order valence-electron chi connectivity index (χ4n) is 2.10. The molecule has 0 saturated heterocycles. The number of ether oxygens (including phenoxy) is 1. The summed E-state index contributed by atoms with van der Waals surface area (Å²) in [5.74, 6) is 1.09. The molecule has 1 aromatic heterocycles. The van der Waals surface area contributed by atoms with Gasteiger partial charge in [0.25, 0.3) is 0 Å². The second-order valence-electron chi connectivity index (χ2n) is 6.33. The average molecular weight is 322 g/mol. The summed E-state index contributed by atoms with van der Waals surface area (Å²) in [6, 6.07) is -0.419. The van der Waals surface area contributed by atoms with Crippen LogP contribution in [0.2, 0.25) is 0 Å². The predicted octanol–water partition coefficient (Wildman–Crippen LogP) is 1.28. The van der Waals surface area contributed by atoms with Crippen LogP contribution in [0.3, 0.4) is 0 Å². The van der Waals surface area contributed by atoms with Gasteiger partial charge in [0.1, 0.15) is 11.9 Å². The van der Waals surface area contributed by atoms with Crippen molar-refractivity contribution in [2.75, 3.05) is 7.05 Å². The molecule has 1 aromatic rings. The average Bonchev–Trinajstić information content (AvgIpc) is 2.89. The molecule has 1 aliphatic rings. The molecule has 2 rings (SSSR count). The third kappa shape index (κ3) is 4.27. The van der Waals surface area contributed by atoms with Gasteiger partial charge in [-0.1, -0.05) is 0 Å². The molecule has 2 amide bonds. The molecule has 0 fully saturated rings. The summed E-state index contributed by atoms with van der Waals surface area (Å²) in [6.07, 6.45) is 1.69. The maximum absolute atomic E-state index is 11.9. The summed E-state index contributed by atoms with van der Waals surface area (Å²) in [6.45, 7) is 7.17. The maximum atomic E-state index is 11.9. The summed E-state index contributed by atoms with van der Waals surface area (Å²) in [5, 5.41) is 12.4. The van der Waals surface area contributed by atoms with E-state index in [1.54, 1.807) is 39.4 Å². The van der Waals surface area contributed by atoms with Gasteiger partial charge in [-0.2, -0.15) is 14.9 Å². The van der Waals surface area contributed by atoms with Crippen molar-refractivity contribution >= 4 is 17.8 Å². The third-order valence-corrected chi connectivity index (χ3v) is 3.13. The fraction of sp³-hybridized carbons (Fsp3) is 0.643. The Hall–Kier alpha value is -2.45. The van der Waals surface area contributed by atoms with Crippen molar-refractivity contribution in [3.05, 3.63) is 12.2 Å². The quantitative estimate of drug-likeness (QED) is 0.883. The maximum Gasteiger partial charge on any atom is 0.408 e. The van der Waals surface area contributed by atoms with Crippen LogP contribution in [0.4, 0.5) is 4.79 Å². The van der Waals surface area contributed by atoms with Crippen molar-refractivity contribution in [2.24, 2.45) is 5.10 Å². The number of hydrazone groups is 1. The van der Waals surface area contributed by atoms with Crippen molar-refractivity contribution in [2.45, 2.75) is 52.2 Å². The van der Waals surface area contributed by atoms with Crippen LogP contribution in [0, 0.1) is 0 Å². The van der Waals surface area contributed by atoms with Gasteiger partial charge in [0.15, 0.2) is 11.7 Å². The number of nitrogens with one attached hydrogen (secondary N) is 1. The Morgan fingerprint density at radius 3 is 2.70 bits per heavy atom. The van der Waals surface area contributed by atoms with Crippen molar-refractivity contribution in [3.8, 4) is 0 Å². The summed E-state index contributed by atoms with van der Waals surface area (Å²) in [7, 11) is 1.60. The molecule has 2 heterocycles. The van der Waals surface area contributed by atoms with E-state index in [0.717, 1.165) is 0 Å². The number of carbonyl (C=O) groups is 2. The third-order valence-electron chi connectivity index (χ3n) is 3.13. The second-order valence-corrected chi connectivity index (χ2v) is 6.33. The highest BCUT2D eigenvalue weighted by Gasteiger charge is 2.25. The van der Waals surface area contributed by atoms with Gasteiger partial charge in [-0.05, 0) is 27.7 Å². The molecule has 0 radical (unpaired) electrons. The van der Waals surface area contributed by atoms with Crippen molar-refractivity contribution in [1.29, 1.82) is 0 Å². The summed E-state index contributed by atoms with van der Waals surface area (Å²) < 4.78 is 6.78. The topological polar surface area (TPSA) is 102 Å². The Morgan fingerprint density at radius 1 is 1.39 bits per heavy atom. The minimum Gasteiger partial charge on any atom is -0.444 e. The number of nitrogens with zero attached hydrogens (tertiary/aromatic N) is 5. The highest BCUT2D eigenvalue weighted by atomic mass is 16.6. The van der Waals surface area contributed by atoms with Gasteiger partial charge in [0.2, 0.25) is 5.91 Å². The van der Waals surface area contributed by atoms with Gasteiger partial charge >= 0.3 is 6.09 Å². The molecule has 1 N–H and O–H groups in total. The molecule has 23 heavy (non-hydrogen) atoms. The molecular formula is C14H22N6O3.